The summed E-state index contributed by atoms with van der Waals surface area (Å²) in [6, 6.07) is 17.1. The Morgan fingerprint density at radius 1 is 1.18 bits per heavy atom. The molecule has 0 aromatic heterocycles. The Balaban J connectivity index is 1.92. The largest absolute Gasteiger partial charge is 0.480 e. The van der Waals surface area contributed by atoms with Gasteiger partial charge in [0.15, 0.2) is 5.11 Å². The number of benzene rings is 2. The zero-order chi connectivity index (χ0) is 15.6. The molecule has 0 bridgehead atoms. The molecule has 0 spiro atoms. The monoisotopic (exact) mass is 309 g/mol. The van der Waals surface area contributed by atoms with Crippen molar-refractivity contribution in [2.45, 2.75) is 0 Å². The summed E-state index contributed by atoms with van der Waals surface area (Å²) in [7, 11) is 0. The van der Waals surface area contributed by atoms with E-state index in [-0.39, 0.29) is 6.61 Å². The predicted molar refractivity (Wildman–Crippen MR) is 94.2 cm³/mol. The molecule has 2 rings (SSSR count). The fraction of sp³-hybridized carbons (Fsp3) is 0.0588. The normalized spacial score (nSPS) is 9.95. The van der Waals surface area contributed by atoms with Gasteiger partial charge in [0.2, 0.25) is 0 Å². The molecule has 0 unspecified atom stereocenters. The molecule has 4 nitrogen and oxygen atoms in total. The first-order valence-corrected chi connectivity index (χ1v) is 7.01. The van der Waals surface area contributed by atoms with Gasteiger partial charge in [0.05, 0.1) is 6.21 Å². The highest BCUT2D eigenvalue weighted by atomic mass is 32.1. The van der Waals surface area contributed by atoms with Gasteiger partial charge in [0.1, 0.15) is 12.4 Å². The van der Waals surface area contributed by atoms with Crippen LogP contribution in [-0.4, -0.2) is 17.9 Å². The maximum absolute atomic E-state index is 5.44. The number of para-hydroxylation sites is 2. The summed E-state index contributed by atoms with van der Waals surface area (Å²) in [5.74, 6) is 3.11. The fourth-order valence-corrected chi connectivity index (χ4v) is 1.85. The number of hydrazone groups is 1. The van der Waals surface area contributed by atoms with Gasteiger partial charge in [-0.1, -0.05) is 36.3 Å². The molecular formula is C17H15N3OS. The molecule has 0 aliphatic rings. The van der Waals surface area contributed by atoms with E-state index in [0.717, 1.165) is 11.3 Å². The van der Waals surface area contributed by atoms with Gasteiger partial charge in [-0.25, -0.2) is 0 Å². The molecule has 22 heavy (non-hydrogen) atoms. The Kier molecular flexibility index (Phi) is 5.97. The summed E-state index contributed by atoms with van der Waals surface area (Å²) in [6.45, 7) is 0.215. The molecule has 110 valence electrons. The first-order chi connectivity index (χ1) is 10.8. The van der Waals surface area contributed by atoms with Crippen LogP contribution in [0.3, 0.4) is 0 Å². The average Bonchev–Trinajstić information content (AvgIpc) is 2.55. The molecule has 0 aliphatic heterocycles. The van der Waals surface area contributed by atoms with E-state index >= 15 is 0 Å². The smallest absolute Gasteiger partial charge is 0.191 e. The highest BCUT2D eigenvalue weighted by molar-refractivity contribution is 7.80. The van der Waals surface area contributed by atoms with Crippen molar-refractivity contribution >= 4 is 29.2 Å². The molecule has 0 saturated heterocycles. The fourth-order valence-electron chi connectivity index (χ4n) is 1.68. The van der Waals surface area contributed by atoms with Crippen molar-refractivity contribution in [3.05, 3.63) is 60.2 Å². The van der Waals surface area contributed by atoms with Crippen LogP contribution in [0.2, 0.25) is 0 Å². The topological polar surface area (TPSA) is 45.6 Å². The van der Waals surface area contributed by atoms with Crippen LogP contribution in [0.5, 0.6) is 5.75 Å². The third kappa shape index (κ3) is 4.93. The van der Waals surface area contributed by atoms with E-state index < -0.39 is 0 Å². The van der Waals surface area contributed by atoms with Crippen molar-refractivity contribution in [1.29, 1.82) is 0 Å². The first kappa shape index (κ1) is 15.5. The van der Waals surface area contributed by atoms with Crippen molar-refractivity contribution in [1.82, 2.24) is 5.43 Å². The van der Waals surface area contributed by atoms with E-state index in [1.165, 1.54) is 0 Å². The molecule has 0 fully saturated rings. The van der Waals surface area contributed by atoms with Crippen LogP contribution in [-0.2, 0) is 0 Å². The van der Waals surface area contributed by atoms with Crippen molar-refractivity contribution in [2.24, 2.45) is 5.10 Å². The quantitative estimate of drug-likeness (QED) is 0.386. The lowest BCUT2D eigenvalue weighted by Crippen LogP contribution is -2.23. The van der Waals surface area contributed by atoms with E-state index in [4.69, 9.17) is 23.4 Å². The lowest BCUT2D eigenvalue weighted by Gasteiger charge is -2.07. The molecule has 2 aromatic carbocycles. The van der Waals surface area contributed by atoms with Gasteiger partial charge < -0.3 is 10.1 Å². The number of thiocarbonyl (C=S) groups is 1. The summed E-state index contributed by atoms with van der Waals surface area (Å²) in [6.07, 6.45) is 6.82. The maximum atomic E-state index is 5.44. The molecule has 0 saturated carbocycles. The average molecular weight is 309 g/mol. The third-order valence-corrected chi connectivity index (χ3v) is 2.82. The number of nitrogens with zero attached hydrogens (tertiary/aromatic N) is 1. The molecule has 0 atom stereocenters. The minimum absolute atomic E-state index is 0.215. The Labute approximate surface area is 135 Å². The summed E-state index contributed by atoms with van der Waals surface area (Å²) < 4.78 is 5.44. The SMILES string of the molecule is C#CCOc1ccccc1/C=N/NC(=S)Nc1ccccc1. The summed E-state index contributed by atoms with van der Waals surface area (Å²) in [4.78, 5) is 0. The summed E-state index contributed by atoms with van der Waals surface area (Å²) in [5, 5.41) is 7.53. The molecule has 2 N–H and O–H groups in total. The van der Waals surface area contributed by atoms with Crippen LogP contribution >= 0.6 is 12.2 Å². The number of hydrogen-bond acceptors (Lipinski definition) is 3. The second kappa shape index (κ2) is 8.45. The third-order valence-electron chi connectivity index (χ3n) is 2.63. The number of terminal acetylenes is 1. The molecule has 5 heteroatoms. The van der Waals surface area contributed by atoms with Gasteiger partial charge >= 0.3 is 0 Å². The zero-order valence-electron chi connectivity index (χ0n) is 11.8. The standard InChI is InChI=1S/C17H15N3OS/c1-2-12-21-16-11-7-6-8-14(16)13-18-20-17(22)19-15-9-4-3-5-10-15/h1,3-11,13H,12H2,(H2,19,20,22)/b18-13+. The van der Waals surface area contributed by atoms with E-state index in [9.17, 15) is 0 Å². The minimum atomic E-state index is 0.215. The molecule has 0 radical (unpaired) electrons. The number of anilines is 1. The summed E-state index contributed by atoms with van der Waals surface area (Å²) >= 11 is 5.16. The Morgan fingerprint density at radius 2 is 1.91 bits per heavy atom. The minimum Gasteiger partial charge on any atom is -0.480 e. The first-order valence-electron chi connectivity index (χ1n) is 6.60. The van der Waals surface area contributed by atoms with Gasteiger partial charge in [0.25, 0.3) is 0 Å². The van der Waals surface area contributed by atoms with Crippen LogP contribution in [0, 0.1) is 12.3 Å². The lowest BCUT2D eigenvalue weighted by molar-refractivity contribution is 0.370. The summed E-state index contributed by atoms with van der Waals surface area (Å²) in [5.41, 5.74) is 4.47. The number of nitrogens with one attached hydrogen (secondary N) is 2. The Morgan fingerprint density at radius 3 is 2.68 bits per heavy atom. The van der Waals surface area contributed by atoms with Crippen LogP contribution in [0.25, 0.3) is 0 Å². The highest BCUT2D eigenvalue weighted by Crippen LogP contribution is 2.15. The molecule has 0 amide bonds. The Bertz CT molecular complexity index is 693. The van der Waals surface area contributed by atoms with Crippen LogP contribution in [0.4, 0.5) is 5.69 Å². The zero-order valence-corrected chi connectivity index (χ0v) is 12.6. The van der Waals surface area contributed by atoms with Crippen molar-refractivity contribution < 1.29 is 4.74 Å². The number of hydrogen-bond donors (Lipinski definition) is 2. The number of ether oxygens (including phenoxy) is 1. The van der Waals surface area contributed by atoms with Gasteiger partial charge in [-0.3, -0.25) is 5.43 Å². The Hall–Kier alpha value is -2.84. The van der Waals surface area contributed by atoms with Crippen molar-refractivity contribution in [3.8, 4) is 18.1 Å². The van der Waals surface area contributed by atoms with E-state index in [0.29, 0.717) is 10.9 Å². The van der Waals surface area contributed by atoms with Gasteiger partial charge in [-0.05, 0) is 36.5 Å². The van der Waals surface area contributed by atoms with Crippen molar-refractivity contribution in [2.75, 3.05) is 11.9 Å². The van der Waals surface area contributed by atoms with Crippen LogP contribution in [0.15, 0.2) is 59.7 Å². The second-order valence-electron chi connectivity index (χ2n) is 4.22. The lowest BCUT2D eigenvalue weighted by atomic mass is 10.2. The predicted octanol–water partition coefficient (Wildman–Crippen LogP) is 3.02. The van der Waals surface area contributed by atoms with Crippen LogP contribution in [0.1, 0.15) is 5.56 Å². The molecule has 0 aliphatic carbocycles. The molecular weight excluding hydrogens is 294 g/mol. The van der Waals surface area contributed by atoms with Crippen molar-refractivity contribution in [3.63, 3.8) is 0 Å². The van der Waals surface area contributed by atoms with E-state index in [2.05, 4.69) is 21.8 Å². The van der Waals surface area contributed by atoms with E-state index in [1.54, 1.807) is 6.21 Å². The van der Waals surface area contributed by atoms with Gasteiger partial charge in [-0.15, -0.1) is 6.42 Å². The molecule has 0 heterocycles. The van der Waals surface area contributed by atoms with Gasteiger partial charge in [0, 0.05) is 11.3 Å². The van der Waals surface area contributed by atoms with Crippen LogP contribution < -0.4 is 15.5 Å². The van der Waals surface area contributed by atoms with E-state index in [1.807, 2.05) is 54.6 Å². The second-order valence-corrected chi connectivity index (χ2v) is 4.63. The number of rotatable bonds is 5. The highest BCUT2D eigenvalue weighted by Gasteiger charge is 1.99. The van der Waals surface area contributed by atoms with Gasteiger partial charge in [-0.2, -0.15) is 5.10 Å². The maximum Gasteiger partial charge on any atom is 0.191 e. The molecule has 2 aromatic rings.